The Morgan fingerprint density at radius 1 is 1.00 bits per heavy atom. The minimum atomic E-state index is 0. The van der Waals surface area contributed by atoms with Crippen LogP contribution in [0, 0.1) is 0 Å². The molecule has 0 aliphatic carbocycles. The minimum Gasteiger partial charge on any atom is -0.661 e. The molecule has 0 saturated heterocycles. The molecule has 0 radical (unpaired) electrons. The Hall–Kier alpha value is -1.12. The van der Waals surface area contributed by atoms with Crippen molar-refractivity contribution in [2.75, 3.05) is 19.6 Å². The summed E-state index contributed by atoms with van der Waals surface area (Å²) in [6.07, 6.45) is 3.54. The third-order valence-electron chi connectivity index (χ3n) is 2.10. The number of hydrogen-bond donors (Lipinski definition) is 1. The molecule has 2 aromatic rings. The molecule has 2 N–H and O–H groups in total. The number of nitrogens with two attached hydrogens (primary N) is 1. The van der Waals surface area contributed by atoms with Gasteiger partial charge in [0.2, 0.25) is 0 Å². The summed E-state index contributed by atoms with van der Waals surface area (Å²) in [6.45, 7) is 4.41. The summed E-state index contributed by atoms with van der Waals surface area (Å²) >= 11 is 0. The standard InChI is InChI=1S/C10H8N2.C4H11N2.Pd/c1-3-7-11-9(5-1)10-6-2-4-8-12-10;1-2-6-4-3-5;/h1-8H;2-5H2,1H3;/q;-1;+2. The van der Waals surface area contributed by atoms with Gasteiger partial charge in [0, 0.05) is 12.4 Å². The minimum absolute atomic E-state index is 0. The van der Waals surface area contributed by atoms with Gasteiger partial charge in [-0.1, -0.05) is 19.1 Å². The molecule has 4 nitrogen and oxygen atoms in total. The van der Waals surface area contributed by atoms with Crippen LogP contribution in [0.2, 0.25) is 0 Å². The molecular formula is C14H19N4Pd+. The van der Waals surface area contributed by atoms with Crippen LogP contribution in [-0.4, -0.2) is 29.6 Å². The molecule has 0 fully saturated rings. The first-order chi connectivity index (χ1) is 8.88. The fourth-order valence-electron chi connectivity index (χ4n) is 1.28. The molecule has 2 rings (SSSR count). The van der Waals surface area contributed by atoms with Crippen molar-refractivity contribution in [1.82, 2.24) is 9.97 Å². The summed E-state index contributed by atoms with van der Waals surface area (Å²) in [4.78, 5) is 8.37. The zero-order valence-corrected chi connectivity index (χ0v) is 12.5. The van der Waals surface area contributed by atoms with Crippen molar-refractivity contribution in [3.05, 3.63) is 54.1 Å². The zero-order valence-electron chi connectivity index (χ0n) is 11.0. The summed E-state index contributed by atoms with van der Waals surface area (Å²) in [7, 11) is 0. The number of hydrogen-bond acceptors (Lipinski definition) is 3. The average Bonchev–Trinajstić information content (AvgIpc) is 2.48. The van der Waals surface area contributed by atoms with Crippen LogP contribution < -0.4 is 5.73 Å². The van der Waals surface area contributed by atoms with Crippen LogP contribution in [0.25, 0.3) is 16.7 Å². The van der Waals surface area contributed by atoms with Gasteiger partial charge in [0.1, 0.15) is 0 Å². The van der Waals surface area contributed by atoms with Crippen molar-refractivity contribution >= 4 is 0 Å². The topological polar surface area (TPSA) is 65.9 Å². The fraction of sp³-hybridized carbons (Fsp3) is 0.286. The van der Waals surface area contributed by atoms with Crippen molar-refractivity contribution < 1.29 is 20.4 Å². The van der Waals surface area contributed by atoms with Gasteiger partial charge >= 0.3 is 20.4 Å². The molecule has 5 heteroatoms. The van der Waals surface area contributed by atoms with Crippen LogP contribution in [0.4, 0.5) is 0 Å². The fourth-order valence-corrected chi connectivity index (χ4v) is 1.28. The van der Waals surface area contributed by atoms with E-state index in [9.17, 15) is 0 Å². The molecular weight excluding hydrogens is 331 g/mol. The average molecular weight is 350 g/mol. The summed E-state index contributed by atoms with van der Waals surface area (Å²) in [5, 5.41) is 3.97. The molecule has 2 aromatic heterocycles. The van der Waals surface area contributed by atoms with E-state index in [2.05, 4.69) is 15.3 Å². The SMILES string of the molecule is CC[N-]CCN.[Pd+2].c1ccc(-c2ccccn2)nc1. The van der Waals surface area contributed by atoms with Crippen molar-refractivity contribution in [2.24, 2.45) is 5.73 Å². The summed E-state index contributed by atoms with van der Waals surface area (Å²) < 4.78 is 0. The van der Waals surface area contributed by atoms with Gasteiger partial charge in [0.25, 0.3) is 0 Å². The van der Waals surface area contributed by atoms with Crippen LogP contribution in [0.5, 0.6) is 0 Å². The second kappa shape index (κ2) is 11.9. The van der Waals surface area contributed by atoms with Crippen LogP contribution in [0.3, 0.4) is 0 Å². The number of aromatic nitrogens is 2. The Kier molecular flexibility index (Phi) is 11.2. The first-order valence-corrected chi connectivity index (χ1v) is 6.04. The van der Waals surface area contributed by atoms with Crippen molar-refractivity contribution in [3.8, 4) is 11.4 Å². The molecule has 0 spiro atoms. The van der Waals surface area contributed by atoms with Gasteiger partial charge < -0.3 is 11.1 Å². The quantitative estimate of drug-likeness (QED) is 0.681. The predicted molar refractivity (Wildman–Crippen MR) is 75.3 cm³/mol. The molecule has 0 aromatic carbocycles. The van der Waals surface area contributed by atoms with Gasteiger partial charge in [0.15, 0.2) is 0 Å². The molecule has 0 bridgehead atoms. The molecule has 104 valence electrons. The number of nitrogens with zero attached hydrogens (tertiary/aromatic N) is 3. The van der Waals surface area contributed by atoms with Gasteiger partial charge in [-0.2, -0.15) is 6.54 Å². The summed E-state index contributed by atoms with van der Waals surface area (Å²) in [5.41, 5.74) is 6.95. The normalized spacial score (nSPS) is 8.95. The van der Waals surface area contributed by atoms with E-state index in [1.165, 1.54) is 0 Å². The van der Waals surface area contributed by atoms with E-state index in [0.29, 0.717) is 6.54 Å². The van der Waals surface area contributed by atoms with E-state index in [1.807, 2.05) is 43.3 Å². The number of pyridine rings is 2. The van der Waals surface area contributed by atoms with E-state index in [4.69, 9.17) is 5.73 Å². The van der Waals surface area contributed by atoms with Gasteiger partial charge in [-0.05, 0) is 30.8 Å². The molecule has 2 heterocycles. The van der Waals surface area contributed by atoms with Gasteiger partial charge in [0.05, 0.1) is 11.4 Å². The molecule has 0 aliphatic rings. The molecule has 0 atom stereocenters. The van der Waals surface area contributed by atoms with Crippen LogP contribution >= 0.6 is 0 Å². The number of likely N-dealkylation sites (N-methyl/N-ethyl adjacent to an activating group) is 1. The Morgan fingerprint density at radius 3 is 1.79 bits per heavy atom. The maximum atomic E-state index is 5.12. The zero-order chi connectivity index (χ0) is 13.1. The van der Waals surface area contributed by atoms with E-state index < -0.39 is 0 Å². The van der Waals surface area contributed by atoms with Crippen molar-refractivity contribution in [3.63, 3.8) is 0 Å². The van der Waals surface area contributed by atoms with Gasteiger partial charge in [-0.3, -0.25) is 9.97 Å². The Labute approximate surface area is 128 Å². The van der Waals surface area contributed by atoms with Crippen molar-refractivity contribution in [2.45, 2.75) is 6.92 Å². The second-order valence-electron chi connectivity index (χ2n) is 3.48. The molecule has 0 unspecified atom stereocenters. The van der Waals surface area contributed by atoms with E-state index >= 15 is 0 Å². The summed E-state index contributed by atoms with van der Waals surface area (Å²) in [6, 6.07) is 11.6. The Bertz CT molecular complexity index is 367. The van der Waals surface area contributed by atoms with Crippen LogP contribution in [0.15, 0.2) is 48.8 Å². The Balaban J connectivity index is 0.000000404. The third kappa shape index (κ3) is 7.81. The first-order valence-electron chi connectivity index (χ1n) is 6.04. The molecule has 0 amide bonds. The first kappa shape index (κ1) is 17.9. The maximum Gasteiger partial charge on any atom is 2.00 e. The number of rotatable bonds is 4. The van der Waals surface area contributed by atoms with E-state index in [-0.39, 0.29) is 20.4 Å². The molecule has 0 aliphatic heterocycles. The molecule has 19 heavy (non-hydrogen) atoms. The Morgan fingerprint density at radius 2 is 1.53 bits per heavy atom. The smallest absolute Gasteiger partial charge is 0.661 e. The van der Waals surface area contributed by atoms with Crippen molar-refractivity contribution in [1.29, 1.82) is 0 Å². The van der Waals surface area contributed by atoms with Gasteiger partial charge in [-0.15, -0.1) is 6.54 Å². The summed E-state index contributed by atoms with van der Waals surface area (Å²) in [5.74, 6) is 0. The van der Waals surface area contributed by atoms with Crippen LogP contribution in [0.1, 0.15) is 6.92 Å². The maximum absolute atomic E-state index is 5.12. The largest absolute Gasteiger partial charge is 2.00 e. The second-order valence-corrected chi connectivity index (χ2v) is 3.48. The third-order valence-corrected chi connectivity index (χ3v) is 2.10. The monoisotopic (exact) mass is 349 g/mol. The van der Waals surface area contributed by atoms with Crippen LogP contribution in [-0.2, 0) is 20.4 Å². The molecule has 0 saturated carbocycles. The van der Waals surface area contributed by atoms with Gasteiger partial charge in [-0.25, -0.2) is 0 Å². The van der Waals surface area contributed by atoms with E-state index in [0.717, 1.165) is 24.5 Å². The predicted octanol–water partition coefficient (Wildman–Crippen LogP) is 2.48. The van der Waals surface area contributed by atoms with E-state index in [1.54, 1.807) is 12.4 Å².